The van der Waals surface area contributed by atoms with Crippen LogP contribution in [0.2, 0.25) is 0 Å². The second kappa shape index (κ2) is 4.64. The molecule has 0 aromatic heterocycles. The number of alkyl halides is 4. The molecule has 1 nitrogen and oxygen atoms in total. The van der Waals surface area contributed by atoms with Gasteiger partial charge in [-0.15, -0.1) is 0 Å². The van der Waals surface area contributed by atoms with Gasteiger partial charge in [0.15, 0.2) is 0 Å². The Bertz CT molecular complexity index is 367. The van der Waals surface area contributed by atoms with Gasteiger partial charge in [0.1, 0.15) is 5.67 Å². The van der Waals surface area contributed by atoms with Crippen LogP contribution >= 0.6 is 0 Å². The summed E-state index contributed by atoms with van der Waals surface area (Å²) in [6, 6.07) is 4.09. The van der Waals surface area contributed by atoms with Crippen molar-refractivity contribution in [2.75, 3.05) is 6.54 Å². The standard InChI is InChI=1S/C12H15F4N/c1-8(7-17)11(2,13)9-3-5-10(6-4-9)12(14,15)16/h3-6,8H,7,17H2,1-2H3. The lowest BCUT2D eigenvalue weighted by molar-refractivity contribution is -0.137. The van der Waals surface area contributed by atoms with E-state index >= 15 is 0 Å². The van der Waals surface area contributed by atoms with Gasteiger partial charge in [0.25, 0.3) is 0 Å². The van der Waals surface area contributed by atoms with Crippen molar-refractivity contribution in [2.45, 2.75) is 25.7 Å². The van der Waals surface area contributed by atoms with Gasteiger partial charge in [0.2, 0.25) is 0 Å². The third-order valence-electron chi connectivity index (χ3n) is 3.06. The highest BCUT2D eigenvalue weighted by Crippen LogP contribution is 2.35. The third kappa shape index (κ3) is 2.97. The second-order valence-electron chi connectivity index (χ2n) is 4.29. The van der Waals surface area contributed by atoms with E-state index < -0.39 is 23.3 Å². The summed E-state index contributed by atoms with van der Waals surface area (Å²) in [5, 5.41) is 0. The van der Waals surface area contributed by atoms with Crippen molar-refractivity contribution >= 4 is 0 Å². The van der Waals surface area contributed by atoms with Gasteiger partial charge in [-0.3, -0.25) is 0 Å². The molecule has 0 heterocycles. The lowest BCUT2D eigenvalue weighted by Gasteiger charge is -2.27. The Labute approximate surface area is 97.6 Å². The Balaban J connectivity index is 3.03. The van der Waals surface area contributed by atoms with Crippen molar-refractivity contribution in [1.29, 1.82) is 0 Å². The Morgan fingerprint density at radius 3 is 1.82 bits per heavy atom. The molecule has 1 aromatic rings. The molecular formula is C12H15F4N. The summed E-state index contributed by atoms with van der Waals surface area (Å²) in [6.45, 7) is 3.08. The molecule has 1 rings (SSSR count). The van der Waals surface area contributed by atoms with Crippen LogP contribution in [0.4, 0.5) is 17.6 Å². The van der Waals surface area contributed by atoms with Crippen molar-refractivity contribution in [3.8, 4) is 0 Å². The summed E-state index contributed by atoms with van der Waals surface area (Å²) in [5.41, 5.74) is 3.08. The van der Waals surface area contributed by atoms with Gasteiger partial charge in [-0.2, -0.15) is 13.2 Å². The molecule has 0 fully saturated rings. The highest BCUT2D eigenvalue weighted by atomic mass is 19.4. The molecule has 5 heteroatoms. The van der Waals surface area contributed by atoms with Gasteiger partial charge in [0, 0.05) is 5.92 Å². The number of hydrogen-bond acceptors (Lipinski definition) is 1. The fourth-order valence-electron chi connectivity index (χ4n) is 1.49. The molecule has 0 aliphatic heterocycles. The zero-order valence-electron chi connectivity index (χ0n) is 9.68. The minimum Gasteiger partial charge on any atom is -0.330 e. The Morgan fingerprint density at radius 2 is 1.47 bits per heavy atom. The summed E-state index contributed by atoms with van der Waals surface area (Å²) in [7, 11) is 0. The number of benzene rings is 1. The van der Waals surface area contributed by atoms with Crippen molar-refractivity contribution in [1.82, 2.24) is 0 Å². The first kappa shape index (κ1) is 14.0. The maximum atomic E-state index is 14.3. The van der Waals surface area contributed by atoms with Crippen LogP contribution < -0.4 is 5.73 Å². The molecule has 2 atom stereocenters. The molecule has 0 saturated heterocycles. The summed E-state index contributed by atoms with van der Waals surface area (Å²) >= 11 is 0. The van der Waals surface area contributed by atoms with Crippen LogP contribution in [0, 0.1) is 5.92 Å². The molecular weight excluding hydrogens is 234 g/mol. The van der Waals surface area contributed by atoms with E-state index in [1.165, 1.54) is 6.92 Å². The third-order valence-corrected chi connectivity index (χ3v) is 3.06. The molecule has 0 spiro atoms. The molecule has 0 amide bonds. The quantitative estimate of drug-likeness (QED) is 0.815. The molecule has 2 N–H and O–H groups in total. The van der Waals surface area contributed by atoms with Crippen molar-refractivity contribution in [2.24, 2.45) is 11.7 Å². The van der Waals surface area contributed by atoms with Crippen LogP contribution in [0.15, 0.2) is 24.3 Å². The number of nitrogens with two attached hydrogens (primary N) is 1. The molecule has 1 aromatic carbocycles. The van der Waals surface area contributed by atoms with Crippen molar-refractivity contribution in [3.05, 3.63) is 35.4 Å². The summed E-state index contributed by atoms with van der Waals surface area (Å²) in [6.07, 6.45) is -4.40. The number of hydrogen-bond donors (Lipinski definition) is 1. The Hall–Kier alpha value is -1.10. The van der Waals surface area contributed by atoms with E-state index in [-0.39, 0.29) is 12.1 Å². The van der Waals surface area contributed by atoms with Crippen molar-refractivity contribution < 1.29 is 17.6 Å². The van der Waals surface area contributed by atoms with Gasteiger partial charge in [-0.1, -0.05) is 19.1 Å². The predicted molar refractivity (Wildman–Crippen MR) is 58.1 cm³/mol. The van der Waals surface area contributed by atoms with Gasteiger partial charge in [-0.25, -0.2) is 4.39 Å². The van der Waals surface area contributed by atoms with Crippen molar-refractivity contribution in [3.63, 3.8) is 0 Å². The smallest absolute Gasteiger partial charge is 0.330 e. The van der Waals surface area contributed by atoms with E-state index in [0.29, 0.717) is 0 Å². The normalized spacial score (nSPS) is 17.6. The van der Waals surface area contributed by atoms with Crippen LogP contribution in [0.25, 0.3) is 0 Å². The van der Waals surface area contributed by atoms with Crippen LogP contribution in [-0.2, 0) is 11.8 Å². The molecule has 0 bridgehead atoms. The molecule has 2 unspecified atom stereocenters. The molecule has 0 aliphatic rings. The van der Waals surface area contributed by atoms with E-state index in [0.717, 1.165) is 24.3 Å². The lowest BCUT2D eigenvalue weighted by atomic mass is 9.85. The monoisotopic (exact) mass is 249 g/mol. The lowest BCUT2D eigenvalue weighted by Crippen LogP contribution is -2.30. The number of rotatable bonds is 3. The summed E-state index contributed by atoms with van der Waals surface area (Å²) in [5.74, 6) is -0.459. The zero-order chi connectivity index (χ0) is 13.3. The van der Waals surface area contributed by atoms with Crippen LogP contribution in [0.3, 0.4) is 0 Å². The van der Waals surface area contributed by atoms with Crippen LogP contribution in [-0.4, -0.2) is 6.54 Å². The molecule has 0 aliphatic carbocycles. The average Bonchev–Trinajstić information content (AvgIpc) is 2.27. The number of halogens is 4. The van der Waals surface area contributed by atoms with Gasteiger partial charge >= 0.3 is 6.18 Å². The highest BCUT2D eigenvalue weighted by molar-refractivity contribution is 5.28. The maximum Gasteiger partial charge on any atom is 0.416 e. The molecule has 0 saturated carbocycles. The van der Waals surface area contributed by atoms with E-state index in [1.54, 1.807) is 6.92 Å². The van der Waals surface area contributed by atoms with Crippen LogP contribution in [0.1, 0.15) is 25.0 Å². The van der Waals surface area contributed by atoms with Gasteiger partial charge < -0.3 is 5.73 Å². The van der Waals surface area contributed by atoms with E-state index in [4.69, 9.17) is 5.73 Å². The first-order valence-electron chi connectivity index (χ1n) is 5.26. The first-order valence-corrected chi connectivity index (χ1v) is 5.26. The Morgan fingerprint density at radius 1 is 1.06 bits per heavy atom. The first-order chi connectivity index (χ1) is 7.69. The summed E-state index contributed by atoms with van der Waals surface area (Å²) in [4.78, 5) is 0. The average molecular weight is 249 g/mol. The van der Waals surface area contributed by atoms with E-state index in [2.05, 4.69) is 0 Å². The fourth-order valence-corrected chi connectivity index (χ4v) is 1.49. The van der Waals surface area contributed by atoms with E-state index in [1.807, 2.05) is 0 Å². The van der Waals surface area contributed by atoms with E-state index in [9.17, 15) is 17.6 Å². The van der Waals surface area contributed by atoms with Gasteiger partial charge in [0.05, 0.1) is 5.56 Å². The fraction of sp³-hybridized carbons (Fsp3) is 0.500. The summed E-state index contributed by atoms with van der Waals surface area (Å²) < 4.78 is 51.3. The minimum absolute atomic E-state index is 0.133. The maximum absolute atomic E-state index is 14.3. The Kier molecular flexibility index (Phi) is 3.81. The zero-order valence-corrected chi connectivity index (χ0v) is 9.68. The second-order valence-corrected chi connectivity index (χ2v) is 4.29. The highest BCUT2D eigenvalue weighted by Gasteiger charge is 2.34. The topological polar surface area (TPSA) is 26.0 Å². The van der Waals surface area contributed by atoms with Gasteiger partial charge in [-0.05, 0) is 31.2 Å². The predicted octanol–water partition coefficient (Wildman–Crippen LogP) is 3.48. The molecule has 96 valence electrons. The molecule has 0 radical (unpaired) electrons. The molecule has 17 heavy (non-hydrogen) atoms. The largest absolute Gasteiger partial charge is 0.416 e. The minimum atomic E-state index is -4.40. The van der Waals surface area contributed by atoms with Crippen LogP contribution in [0.5, 0.6) is 0 Å². The SMILES string of the molecule is CC(CN)C(C)(F)c1ccc(C(F)(F)F)cc1.